The van der Waals surface area contributed by atoms with Crippen LogP contribution in [0.25, 0.3) is 0 Å². The molecule has 0 saturated heterocycles. The van der Waals surface area contributed by atoms with E-state index in [4.69, 9.17) is 4.42 Å². The molecular formula is C24H29NO. The van der Waals surface area contributed by atoms with Gasteiger partial charge in [0.1, 0.15) is 11.5 Å². The maximum absolute atomic E-state index is 5.81. The predicted molar refractivity (Wildman–Crippen MR) is 108 cm³/mol. The van der Waals surface area contributed by atoms with Gasteiger partial charge in [0.25, 0.3) is 0 Å². The maximum Gasteiger partial charge on any atom is 0.107 e. The van der Waals surface area contributed by atoms with Crippen LogP contribution in [0.1, 0.15) is 41.9 Å². The van der Waals surface area contributed by atoms with Crippen LogP contribution >= 0.6 is 0 Å². The summed E-state index contributed by atoms with van der Waals surface area (Å²) in [5.41, 5.74) is 2.78. The van der Waals surface area contributed by atoms with Crippen LogP contribution in [-0.2, 0) is 13.0 Å². The predicted octanol–water partition coefficient (Wildman–Crippen LogP) is 5.83. The number of furan rings is 1. The molecule has 1 heterocycles. The number of benzene rings is 2. The van der Waals surface area contributed by atoms with Crippen molar-refractivity contribution in [3.63, 3.8) is 0 Å². The Morgan fingerprint density at radius 3 is 2.08 bits per heavy atom. The van der Waals surface area contributed by atoms with Crippen molar-refractivity contribution in [2.24, 2.45) is 0 Å². The molecule has 1 aromatic heterocycles. The average molecular weight is 348 g/mol. The van der Waals surface area contributed by atoms with E-state index < -0.39 is 0 Å². The molecule has 2 heteroatoms. The zero-order valence-electron chi connectivity index (χ0n) is 15.9. The molecule has 0 fully saturated rings. The monoisotopic (exact) mass is 347 g/mol. The second-order valence-electron chi connectivity index (χ2n) is 7.14. The largest absolute Gasteiger partial charge is 0.466 e. The van der Waals surface area contributed by atoms with Crippen LogP contribution in [0.4, 0.5) is 0 Å². The molecule has 0 aliphatic heterocycles. The van der Waals surface area contributed by atoms with E-state index in [1.807, 2.05) is 6.92 Å². The third kappa shape index (κ3) is 5.60. The Labute approximate surface area is 157 Å². The van der Waals surface area contributed by atoms with E-state index in [2.05, 4.69) is 84.6 Å². The molecule has 0 N–H and O–H groups in total. The van der Waals surface area contributed by atoms with Gasteiger partial charge in [-0.3, -0.25) is 4.90 Å². The normalized spacial score (nSPS) is 12.4. The lowest BCUT2D eigenvalue weighted by atomic mass is 10.0. The van der Waals surface area contributed by atoms with E-state index in [1.165, 1.54) is 11.1 Å². The van der Waals surface area contributed by atoms with Gasteiger partial charge in [-0.05, 0) is 49.6 Å². The number of rotatable bonds is 9. The summed E-state index contributed by atoms with van der Waals surface area (Å²) in [6.07, 6.45) is 2.19. The Morgan fingerprint density at radius 1 is 0.808 bits per heavy atom. The minimum Gasteiger partial charge on any atom is -0.466 e. The molecule has 26 heavy (non-hydrogen) atoms. The second kappa shape index (κ2) is 9.40. The lowest BCUT2D eigenvalue weighted by Gasteiger charge is -2.24. The van der Waals surface area contributed by atoms with Crippen molar-refractivity contribution >= 4 is 0 Å². The fourth-order valence-electron chi connectivity index (χ4n) is 3.28. The van der Waals surface area contributed by atoms with Crippen LogP contribution in [0.2, 0.25) is 0 Å². The van der Waals surface area contributed by atoms with Gasteiger partial charge >= 0.3 is 0 Å². The summed E-state index contributed by atoms with van der Waals surface area (Å²) in [5, 5.41) is 0. The molecule has 0 aliphatic carbocycles. The van der Waals surface area contributed by atoms with E-state index in [9.17, 15) is 0 Å². The summed E-state index contributed by atoms with van der Waals surface area (Å²) >= 11 is 0. The van der Waals surface area contributed by atoms with Crippen LogP contribution in [-0.4, -0.2) is 18.0 Å². The van der Waals surface area contributed by atoms with Crippen LogP contribution in [0.3, 0.4) is 0 Å². The highest BCUT2D eigenvalue weighted by Gasteiger charge is 2.13. The molecule has 2 aromatic carbocycles. The molecule has 0 radical (unpaired) electrons. The van der Waals surface area contributed by atoms with Crippen molar-refractivity contribution in [2.45, 2.75) is 39.2 Å². The molecular weight excluding hydrogens is 318 g/mol. The zero-order valence-corrected chi connectivity index (χ0v) is 15.9. The van der Waals surface area contributed by atoms with E-state index >= 15 is 0 Å². The topological polar surface area (TPSA) is 16.4 Å². The Balaban J connectivity index is 1.60. The van der Waals surface area contributed by atoms with Crippen molar-refractivity contribution in [3.05, 3.63) is 95.4 Å². The van der Waals surface area contributed by atoms with Crippen LogP contribution in [0, 0.1) is 6.92 Å². The molecule has 0 bridgehead atoms. The first-order valence-corrected chi connectivity index (χ1v) is 9.57. The van der Waals surface area contributed by atoms with Crippen LogP contribution in [0.5, 0.6) is 0 Å². The Bertz CT molecular complexity index is 763. The van der Waals surface area contributed by atoms with E-state index in [-0.39, 0.29) is 0 Å². The van der Waals surface area contributed by atoms with Crippen molar-refractivity contribution in [1.29, 1.82) is 0 Å². The Hall–Kier alpha value is -2.32. The van der Waals surface area contributed by atoms with Crippen LogP contribution < -0.4 is 0 Å². The summed E-state index contributed by atoms with van der Waals surface area (Å²) in [6, 6.07) is 25.7. The highest BCUT2D eigenvalue weighted by atomic mass is 16.3. The number of hydrogen-bond donors (Lipinski definition) is 0. The maximum atomic E-state index is 5.81. The summed E-state index contributed by atoms with van der Waals surface area (Å²) < 4.78 is 5.81. The van der Waals surface area contributed by atoms with Crippen molar-refractivity contribution in [1.82, 2.24) is 4.90 Å². The summed E-state index contributed by atoms with van der Waals surface area (Å²) in [7, 11) is 0. The molecule has 0 unspecified atom stereocenters. The van der Waals surface area contributed by atoms with Gasteiger partial charge in [0.15, 0.2) is 0 Å². The molecule has 0 aliphatic rings. The molecule has 0 saturated carbocycles. The summed E-state index contributed by atoms with van der Waals surface area (Å²) in [5.74, 6) is 2.54. The van der Waals surface area contributed by atoms with Gasteiger partial charge in [-0.25, -0.2) is 0 Å². The second-order valence-corrected chi connectivity index (χ2v) is 7.14. The SMILES string of the molecule is Cc1ccc([C@H](C)CCN(CCc2ccccc2)Cc2ccccc2)o1. The van der Waals surface area contributed by atoms with Crippen molar-refractivity contribution in [2.75, 3.05) is 13.1 Å². The van der Waals surface area contributed by atoms with Gasteiger partial charge in [-0.15, -0.1) is 0 Å². The molecule has 0 spiro atoms. The lowest BCUT2D eigenvalue weighted by Crippen LogP contribution is -2.27. The van der Waals surface area contributed by atoms with Gasteiger partial charge in [0.2, 0.25) is 0 Å². The molecule has 3 rings (SSSR count). The fraction of sp³-hybridized carbons (Fsp3) is 0.333. The highest BCUT2D eigenvalue weighted by Crippen LogP contribution is 2.22. The highest BCUT2D eigenvalue weighted by molar-refractivity contribution is 5.16. The van der Waals surface area contributed by atoms with E-state index in [0.29, 0.717) is 5.92 Å². The quantitative estimate of drug-likeness (QED) is 0.484. The van der Waals surface area contributed by atoms with Crippen LogP contribution in [0.15, 0.2) is 77.2 Å². The molecule has 3 aromatic rings. The molecule has 136 valence electrons. The minimum absolute atomic E-state index is 0.443. The Kier molecular flexibility index (Phi) is 6.68. The smallest absolute Gasteiger partial charge is 0.107 e. The lowest BCUT2D eigenvalue weighted by molar-refractivity contribution is 0.255. The third-order valence-electron chi connectivity index (χ3n) is 4.93. The van der Waals surface area contributed by atoms with Gasteiger partial charge in [0.05, 0.1) is 0 Å². The van der Waals surface area contributed by atoms with Crippen molar-refractivity contribution < 1.29 is 4.42 Å². The van der Waals surface area contributed by atoms with Crippen molar-refractivity contribution in [3.8, 4) is 0 Å². The molecule has 1 atom stereocenters. The zero-order chi connectivity index (χ0) is 18.2. The first kappa shape index (κ1) is 18.5. The summed E-state index contributed by atoms with van der Waals surface area (Å²) in [4.78, 5) is 2.56. The fourth-order valence-corrected chi connectivity index (χ4v) is 3.28. The van der Waals surface area contributed by atoms with Gasteiger partial charge in [-0.1, -0.05) is 67.6 Å². The van der Waals surface area contributed by atoms with Gasteiger partial charge in [0, 0.05) is 19.0 Å². The third-order valence-corrected chi connectivity index (χ3v) is 4.93. The summed E-state index contributed by atoms with van der Waals surface area (Å²) in [6.45, 7) is 7.41. The van der Waals surface area contributed by atoms with E-state index in [0.717, 1.165) is 44.0 Å². The number of nitrogens with zero attached hydrogens (tertiary/aromatic N) is 1. The van der Waals surface area contributed by atoms with E-state index in [1.54, 1.807) is 0 Å². The number of hydrogen-bond acceptors (Lipinski definition) is 2. The average Bonchev–Trinajstić information content (AvgIpc) is 3.12. The Morgan fingerprint density at radius 2 is 1.46 bits per heavy atom. The minimum atomic E-state index is 0.443. The molecule has 2 nitrogen and oxygen atoms in total. The molecule has 0 amide bonds. The standard InChI is InChI=1S/C24H29NO/c1-20(24-14-13-21(2)26-24)15-17-25(19-23-11-7-4-8-12-23)18-16-22-9-5-3-6-10-22/h3-14,20H,15-19H2,1-2H3/t20-/m1/s1. The first-order valence-electron chi connectivity index (χ1n) is 9.57. The van der Waals surface area contributed by atoms with Gasteiger partial charge in [-0.2, -0.15) is 0 Å². The first-order chi connectivity index (χ1) is 12.7. The van der Waals surface area contributed by atoms with Gasteiger partial charge < -0.3 is 4.42 Å². The number of aryl methyl sites for hydroxylation is 1.